The Morgan fingerprint density at radius 2 is 1.65 bits per heavy atom. The smallest absolute Gasteiger partial charge is 0.243 e. The molecule has 0 aromatic heterocycles. The van der Waals surface area contributed by atoms with Crippen LogP contribution in [-0.4, -0.2) is 57.6 Å². The number of nitrogens with zero attached hydrogens (tertiary/aromatic N) is 2. The summed E-state index contributed by atoms with van der Waals surface area (Å²) >= 11 is 0. The molecule has 0 bridgehead atoms. The Morgan fingerprint density at radius 3 is 2.27 bits per heavy atom. The molecule has 3 rings (SSSR count). The van der Waals surface area contributed by atoms with Crippen molar-refractivity contribution in [3.05, 3.63) is 95.6 Å². The van der Waals surface area contributed by atoms with Gasteiger partial charge in [-0.05, 0) is 43.5 Å². The number of aryl methyl sites for hydroxylation is 1. The number of hydrogen-bond donors (Lipinski definition) is 1. The highest BCUT2D eigenvalue weighted by atomic mass is 32.2. The average molecular weight is 566 g/mol. The second kappa shape index (κ2) is 14.5. The Balaban J connectivity index is 1.85. The van der Waals surface area contributed by atoms with E-state index in [9.17, 15) is 18.0 Å². The van der Waals surface area contributed by atoms with Crippen LogP contribution in [0.15, 0.2) is 78.9 Å². The van der Waals surface area contributed by atoms with E-state index in [1.807, 2.05) is 68.4 Å². The van der Waals surface area contributed by atoms with Gasteiger partial charge in [0.05, 0.1) is 19.1 Å². The van der Waals surface area contributed by atoms with Crippen molar-refractivity contribution in [3.8, 4) is 5.75 Å². The van der Waals surface area contributed by atoms with Crippen LogP contribution in [0.25, 0.3) is 0 Å². The molecular formula is C31H39N3O5S. The van der Waals surface area contributed by atoms with E-state index >= 15 is 0 Å². The number of anilines is 1. The van der Waals surface area contributed by atoms with Crippen molar-refractivity contribution in [2.75, 3.05) is 30.8 Å². The molecule has 0 aliphatic carbocycles. The third-order valence-electron chi connectivity index (χ3n) is 6.59. The number of methoxy groups -OCH3 is 1. The fraction of sp³-hybridized carbons (Fsp3) is 0.355. The van der Waals surface area contributed by atoms with Gasteiger partial charge in [0.1, 0.15) is 11.8 Å². The largest absolute Gasteiger partial charge is 0.497 e. The Labute approximate surface area is 238 Å². The van der Waals surface area contributed by atoms with E-state index in [4.69, 9.17) is 4.74 Å². The molecule has 0 heterocycles. The van der Waals surface area contributed by atoms with Gasteiger partial charge in [-0.15, -0.1) is 0 Å². The standard InChI is InChI=1S/C31H39N3O5S/c1-5-32-31(36)29(21-25-11-7-6-8-12-25)33(23-26-18-16-24(2)17-19-26)30(35)15-10-20-34(40(4,37)38)27-13-9-14-28(22-27)39-3/h6-9,11-14,16-19,22,29H,5,10,15,20-21,23H2,1-4H3,(H,32,36)/t29-/m0/s1. The van der Waals surface area contributed by atoms with Crippen molar-refractivity contribution in [1.29, 1.82) is 0 Å². The highest BCUT2D eigenvalue weighted by Crippen LogP contribution is 2.24. The lowest BCUT2D eigenvalue weighted by Crippen LogP contribution is -2.50. The van der Waals surface area contributed by atoms with Crippen molar-refractivity contribution in [2.24, 2.45) is 0 Å². The first-order valence-corrected chi connectivity index (χ1v) is 15.3. The monoisotopic (exact) mass is 565 g/mol. The lowest BCUT2D eigenvalue weighted by atomic mass is 10.0. The molecule has 0 saturated heterocycles. The predicted octanol–water partition coefficient (Wildman–Crippen LogP) is 4.33. The summed E-state index contributed by atoms with van der Waals surface area (Å²) in [5.41, 5.74) is 3.43. The molecule has 0 fully saturated rings. The van der Waals surface area contributed by atoms with E-state index in [-0.39, 0.29) is 37.7 Å². The number of nitrogens with one attached hydrogen (secondary N) is 1. The molecule has 0 aliphatic heterocycles. The minimum atomic E-state index is -3.60. The fourth-order valence-electron chi connectivity index (χ4n) is 4.51. The normalized spacial score (nSPS) is 11.9. The molecule has 0 radical (unpaired) electrons. The number of likely N-dealkylation sites (N-methyl/N-ethyl adjacent to an activating group) is 1. The number of hydrogen-bond acceptors (Lipinski definition) is 5. The van der Waals surface area contributed by atoms with Crippen LogP contribution < -0.4 is 14.4 Å². The molecule has 8 nitrogen and oxygen atoms in total. The summed E-state index contributed by atoms with van der Waals surface area (Å²) in [5, 5.41) is 2.89. The van der Waals surface area contributed by atoms with Gasteiger partial charge in [0, 0.05) is 38.5 Å². The van der Waals surface area contributed by atoms with E-state index in [1.165, 1.54) is 11.4 Å². The summed E-state index contributed by atoms with van der Waals surface area (Å²) in [5.74, 6) is 0.102. The van der Waals surface area contributed by atoms with Gasteiger partial charge < -0.3 is 15.0 Å². The number of carbonyl (C=O) groups excluding carboxylic acids is 2. The minimum absolute atomic E-state index is 0.0759. The van der Waals surface area contributed by atoms with Crippen LogP contribution in [-0.2, 0) is 32.6 Å². The number of carbonyl (C=O) groups is 2. The van der Waals surface area contributed by atoms with Gasteiger partial charge in [-0.3, -0.25) is 13.9 Å². The minimum Gasteiger partial charge on any atom is -0.497 e. The van der Waals surface area contributed by atoms with Crippen LogP contribution in [0.4, 0.5) is 5.69 Å². The maximum absolute atomic E-state index is 13.8. The van der Waals surface area contributed by atoms with Crippen LogP contribution >= 0.6 is 0 Å². The maximum atomic E-state index is 13.8. The third kappa shape index (κ3) is 8.84. The molecule has 0 aliphatic rings. The van der Waals surface area contributed by atoms with E-state index in [0.29, 0.717) is 24.4 Å². The van der Waals surface area contributed by atoms with Gasteiger partial charge in [0.2, 0.25) is 21.8 Å². The Hall–Kier alpha value is -3.85. The average Bonchev–Trinajstić information content (AvgIpc) is 2.94. The molecule has 0 saturated carbocycles. The number of rotatable bonds is 14. The van der Waals surface area contributed by atoms with Crippen molar-refractivity contribution in [2.45, 2.75) is 45.7 Å². The molecule has 214 valence electrons. The van der Waals surface area contributed by atoms with Gasteiger partial charge in [-0.25, -0.2) is 8.42 Å². The van der Waals surface area contributed by atoms with Gasteiger partial charge in [0.15, 0.2) is 0 Å². The van der Waals surface area contributed by atoms with Crippen molar-refractivity contribution >= 4 is 27.5 Å². The summed E-state index contributed by atoms with van der Waals surface area (Å²) in [6.07, 6.45) is 1.86. The quantitative estimate of drug-likeness (QED) is 0.314. The molecular weight excluding hydrogens is 526 g/mol. The van der Waals surface area contributed by atoms with Crippen LogP contribution in [0, 0.1) is 6.92 Å². The zero-order valence-corrected chi connectivity index (χ0v) is 24.5. The van der Waals surface area contributed by atoms with Crippen molar-refractivity contribution in [1.82, 2.24) is 10.2 Å². The first-order valence-electron chi connectivity index (χ1n) is 13.4. The van der Waals surface area contributed by atoms with Crippen LogP contribution in [0.1, 0.15) is 36.5 Å². The van der Waals surface area contributed by atoms with Gasteiger partial charge in [-0.2, -0.15) is 0 Å². The summed E-state index contributed by atoms with van der Waals surface area (Å²) < 4.78 is 31.8. The SMILES string of the molecule is CCNC(=O)[C@H](Cc1ccccc1)N(Cc1ccc(C)cc1)C(=O)CCCN(c1cccc(OC)c1)S(C)(=O)=O. The van der Waals surface area contributed by atoms with Gasteiger partial charge in [-0.1, -0.05) is 66.2 Å². The lowest BCUT2D eigenvalue weighted by Gasteiger charge is -2.32. The Morgan fingerprint density at radius 1 is 0.950 bits per heavy atom. The summed E-state index contributed by atoms with van der Waals surface area (Å²) in [6, 6.07) is 23.6. The second-order valence-electron chi connectivity index (χ2n) is 9.75. The number of ether oxygens (including phenoxy) is 1. The molecule has 3 aromatic carbocycles. The molecule has 2 amide bonds. The van der Waals surface area contributed by atoms with Crippen LogP contribution in [0.5, 0.6) is 5.75 Å². The fourth-order valence-corrected chi connectivity index (χ4v) is 5.46. The van der Waals surface area contributed by atoms with Crippen molar-refractivity contribution in [3.63, 3.8) is 0 Å². The topological polar surface area (TPSA) is 96.0 Å². The predicted molar refractivity (Wildman–Crippen MR) is 159 cm³/mol. The second-order valence-corrected chi connectivity index (χ2v) is 11.7. The third-order valence-corrected chi connectivity index (χ3v) is 7.78. The highest BCUT2D eigenvalue weighted by molar-refractivity contribution is 7.92. The van der Waals surface area contributed by atoms with Crippen molar-refractivity contribution < 1.29 is 22.7 Å². The zero-order chi connectivity index (χ0) is 29.1. The lowest BCUT2D eigenvalue weighted by molar-refractivity contribution is -0.141. The number of benzene rings is 3. The van der Waals surface area contributed by atoms with Crippen LogP contribution in [0.2, 0.25) is 0 Å². The number of amides is 2. The van der Waals surface area contributed by atoms with Crippen LogP contribution in [0.3, 0.4) is 0 Å². The molecule has 3 aromatic rings. The van der Waals surface area contributed by atoms with Gasteiger partial charge in [0.25, 0.3) is 0 Å². The maximum Gasteiger partial charge on any atom is 0.243 e. The summed E-state index contributed by atoms with van der Waals surface area (Å²) in [4.78, 5) is 28.7. The molecule has 1 atom stereocenters. The van der Waals surface area contributed by atoms with E-state index in [1.54, 1.807) is 29.2 Å². The Bertz CT molecular complexity index is 1360. The summed E-state index contributed by atoms with van der Waals surface area (Å²) in [7, 11) is -2.08. The highest BCUT2D eigenvalue weighted by Gasteiger charge is 2.30. The molecule has 9 heteroatoms. The Kier molecular flexibility index (Phi) is 11.1. The summed E-state index contributed by atoms with van der Waals surface area (Å²) in [6.45, 7) is 4.66. The molecule has 0 unspecified atom stereocenters. The number of sulfonamides is 1. The zero-order valence-electron chi connectivity index (χ0n) is 23.7. The molecule has 1 N–H and O–H groups in total. The first-order chi connectivity index (χ1) is 19.1. The van der Waals surface area contributed by atoms with Gasteiger partial charge >= 0.3 is 0 Å². The van der Waals surface area contributed by atoms with E-state index in [0.717, 1.165) is 22.9 Å². The molecule has 0 spiro atoms. The molecule has 40 heavy (non-hydrogen) atoms. The first kappa shape index (κ1) is 30.7. The van der Waals surface area contributed by atoms with E-state index in [2.05, 4.69) is 5.32 Å². The van der Waals surface area contributed by atoms with E-state index < -0.39 is 16.1 Å².